The number of aromatic nitrogens is 1. The predicted molar refractivity (Wildman–Crippen MR) is 69.7 cm³/mol. The Morgan fingerprint density at radius 1 is 1.25 bits per heavy atom. The summed E-state index contributed by atoms with van der Waals surface area (Å²) in [5.41, 5.74) is 9.67. The fraction of sp³-hybridized carbons (Fsp3) is 0.429. The van der Waals surface area contributed by atoms with Crippen molar-refractivity contribution in [3.05, 3.63) is 35.5 Å². The third kappa shape index (κ3) is 1.98. The Kier molecular flexibility index (Phi) is 3.30. The van der Waals surface area contributed by atoms with Crippen LogP contribution in [0, 0.1) is 6.92 Å². The van der Waals surface area contributed by atoms with E-state index in [-0.39, 0.29) is 0 Å². The van der Waals surface area contributed by atoms with Crippen LogP contribution >= 0.6 is 0 Å². The molecule has 0 bridgehead atoms. The van der Waals surface area contributed by atoms with Crippen molar-refractivity contribution in [3.63, 3.8) is 0 Å². The van der Waals surface area contributed by atoms with Crippen LogP contribution in [0.2, 0.25) is 0 Å². The van der Waals surface area contributed by atoms with E-state index in [1.165, 1.54) is 22.2 Å². The van der Waals surface area contributed by atoms with Crippen LogP contribution < -0.4 is 5.73 Å². The first-order valence-corrected chi connectivity index (χ1v) is 6.05. The van der Waals surface area contributed by atoms with Crippen molar-refractivity contribution in [2.24, 2.45) is 5.73 Å². The quantitative estimate of drug-likeness (QED) is 0.837. The number of fused-ring (bicyclic) bond motifs is 1. The second-order valence-corrected chi connectivity index (χ2v) is 4.33. The molecule has 1 aromatic heterocycles. The highest BCUT2D eigenvalue weighted by molar-refractivity contribution is 5.82. The van der Waals surface area contributed by atoms with Crippen LogP contribution in [-0.2, 0) is 13.0 Å². The largest absolute Gasteiger partial charge is 0.345 e. The SMILES string of the molecule is CCn1c(CCCN)cc2ccc(C)cc21. The summed E-state index contributed by atoms with van der Waals surface area (Å²) in [5.74, 6) is 0. The van der Waals surface area contributed by atoms with Crippen LogP contribution in [0.25, 0.3) is 10.9 Å². The normalized spacial score (nSPS) is 11.2. The molecular weight excluding hydrogens is 196 g/mol. The Labute approximate surface area is 97.1 Å². The number of benzene rings is 1. The molecule has 0 atom stereocenters. The highest BCUT2D eigenvalue weighted by Gasteiger charge is 2.06. The number of aryl methyl sites for hydroxylation is 3. The van der Waals surface area contributed by atoms with Crippen molar-refractivity contribution < 1.29 is 0 Å². The van der Waals surface area contributed by atoms with E-state index in [0.29, 0.717) is 0 Å². The smallest absolute Gasteiger partial charge is 0.0485 e. The summed E-state index contributed by atoms with van der Waals surface area (Å²) in [5, 5.41) is 1.35. The topological polar surface area (TPSA) is 30.9 Å². The Morgan fingerprint density at radius 2 is 2.06 bits per heavy atom. The molecule has 0 aliphatic carbocycles. The van der Waals surface area contributed by atoms with Gasteiger partial charge in [0.25, 0.3) is 0 Å². The first kappa shape index (κ1) is 11.2. The predicted octanol–water partition coefficient (Wildman–Crippen LogP) is 2.86. The van der Waals surface area contributed by atoms with Gasteiger partial charge in [-0.2, -0.15) is 0 Å². The van der Waals surface area contributed by atoms with Gasteiger partial charge in [0, 0.05) is 17.8 Å². The van der Waals surface area contributed by atoms with Crippen molar-refractivity contribution in [1.82, 2.24) is 4.57 Å². The van der Waals surface area contributed by atoms with Crippen LogP contribution in [0.15, 0.2) is 24.3 Å². The summed E-state index contributed by atoms with van der Waals surface area (Å²) >= 11 is 0. The van der Waals surface area contributed by atoms with E-state index in [9.17, 15) is 0 Å². The molecule has 2 N–H and O–H groups in total. The molecule has 0 saturated heterocycles. The molecule has 2 rings (SSSR count). The molecule has 2 aromatic rings. The van der Waals surface area contributed by atoms with Crippen LogP contribution in [0.4, 0.5) is 0 Å². The van der Waals surface area contributed by atoms with Crippen molar-refractivity contribution in [1.29, 1.82) is 0 Å². The minimum absolute atomic E-state index is 0.768. The number of rotatable bonds is 4. The van der Waals surface area contributed by atoms with Gasteiger partial charge in [0.05, 0.1) is 0 Å². The second-order valence-electron chi connectivity index (χ2n) is 4.33. The summed E-state index contributed by atoms with van der Waals surface area (Å²) in [6.45, 7) is 6.15. The highest BCUT2D eigenvalue weighted by atomic mass is 15.0. The monoisotopic (exact) mass is 216 g/mol. The van der Waals surface area contributed by atoms with E-state index in [4.69, 9.17) is 5.73 Å². The van der Waals surface area contributed by atoms with E-state index in [2.05, 4.69) is 42.7 Å². The molecule has 86 valence electrons. The van der Waals surface area contributed by atoms with Gasteiger partial charge in [0.15, 0.2) is 0 Å². The van der Waals surface area contributed by atoms with Gasteiger partial charge < -0.3 is 10.3 Å². The first-order chi connectivity index (χ1) is 7.76. The zero-order chi connectivity index (χ0) is 11.5. The third-order valence-electron chi connectivity index (χ3n) is 3.10. The van der Waals surface area contributed by atoms with Crippen LogP contribution in [-0.4, -0.2) is 11.1 Å². The van der Waals surface area contributed by atoms with Gasteiger partial charge in [0.1, 0.15) is 0 Å². The average Bonchev–Trinajstić information content (AvgIpc) is 2.63. The Bertz CT molecular complexity index is 483. The summed E-state index contributed by atoms with van der Waals surface area (Å²) < 4.78 is 2.40. The average molecular weight is 216 g/mol. The maximum atomic E-state index is 5.58. The molecule has 0 amide bonds. The lowest BCUT2D eigenvalue weighted by Crippen LogP contribution is -2.05. The molecule has 16 heavy (non-hydrogen) atoms. The number of nitrogens with zero attached hydrogens (tertiary/aromatic N) is 1. The summed E-state index contributed by atoms with van der Waals surface area (Å²) in [4.78, 5) is 0. The standard InChI is InChI=1S/C14H20N2/c1-3-16-13(5-4-8-15)10-12-7-6-11(2)9-14(12)16/h6-7,9-10H,3-5,8,15H2,1-2H3. The summed E-state index contributed by atoms with van der Waals surface area (Å²) in [6.07, 6.45) is 2.15. The third-order valence-corrected chi connectivity index (χ3v) is 3.10. The number of nitrogens with two attached hydrogens (primary N) is 1. The molecule has 2 nitrogen and oxygen atoms in total. The van der Waals surface area contributed by atoms with E-state index in [1.807, 2.05) is 0 Å². The van der Waals surface area contributed by atoms with Gasteiger partial charge in [-0.3, -0.25) is 0 Å². The Balaban J connectivity index is 2.49. The molecule has 0 unspecified atom stereocenters. The van der Waals surface area contributed by atoms with Crippen molar-refractivity contribution in [2.45, 2.75) is 33.2 Å². The minimum Gasteiger partial charge on any atom is -0.345 e. The van der Waals surface area contributed by atoms with Gasteiger partial charge in [0.2, 0.25) is 0 Å². The van der Waals surface area contributed by atoms with E-state index < -0.39 is 0 Å². The molecule has 1 heterocycles. The lowest BCUT2D eigenvalue weighted by molar-refractivity contribution is 0.707. The maximum absolute atomic E-state index is 5.58. The minimum atomic E-state index is 0.768. The van der Waals surface area contributed by atoms with Crippen molar-refractivity contribution >= 4 is 10.9 Å². The molecule has 0 aliphatic rings. The highest BCUT2D eigenvalue weighted by Crippen LogP contribution is 2.22. The van der Waals surface area contributed by atoms with Crippen LogP contribution in [0.1, 0.15) is 24.6 Å². The number of hydrogen-bond donors (Lipinski definition) is 1. The molecule has 0 saturated carbocycles. The van der Waals surface area contributed by atoms with E-state index >= 15 is 0 Å². The lowest BCUT2D eigenvalue weighted by atomic mass is 10.2. The molecule has 2 heteroatoms. The zero-order valence-electron chi connectivity index (χ0n) is 10.2. The van der Waals surface area contributed by atoms with Crippen LogP contribution in [0.5, 0.6) is 0 Å². The van der Waals surface area contributed by atoms with Gasteiger partial charge in [-0.15, -0.1) is 0 Å². The van der Waals surface area contributed by atoms with Gasteiger partial charge in [-0.1, -0.05) is 12.1 Å². The van der Waals surface area contributed by atoms with Gasteiger partial charge >= 0.3 is 0 Å². The Hall–Kier alpha value is -1.28. The molecule has 1 aromatic carbocycles. The maximum Gasteiger partial charge on any atom is 0.0485 e. The molecule has 0 fully saturated rings. The number of hydrogen-bond acceptors (Lipinski definition) is 1. The molecule has 0 radical (unpaired) electrons. The van der Waals surface area contributed by atoms with Crippen LogP contribution in [0.3, 0.4) is 0 Å². The van der Waals surface area contributed by atoms with Gasteiger partial charge in [-0.25, -0.2) is 0 Å². The lowest BCUT2D eigenvalue weighted by Gasteiger charge is -2.07. The fourth-order valence-electron chi connectivity index (χ4n) is 2.29. The van der Waals surface area contributed by atoms with Crippen molar-refractivity contribution in [3.8, 4) is 0 Å². The fourth-order valence-corrected chi connectivity index (χ4v) is 2.29. The van der Waals surface area contributed by atoms with Gasteiger partial charge in [-0.05, 0) is 56.3 Å². The van der Waals surface area contributed by atoms with E-state index in [0.717, 1.165) is 25.9 Å². The van der Waals surface area contributed by atoms with E-state index in [1.54, 1.807) is 0 Å². The second kappa shape index (κ2) is 4.71. The molecule has 0 aliphatic heterocycles. The molecular formula is C14H20N2. The van der Waals surface area contributed by atoms with Crippen molar-refractivity contribution in [2.75, 3.05) is 6.54 Å². The Morgan fingerprint density at radius 3 is 2.75 bits per heavy atom. The summed E-state index contributed by atoms with van der Waals surface area (Å²) in [6, 6.07) is 8.95. The molecule has 0 spiro atoms. The summed E-state index contributed by atoms with van der Waals surface area (Å²) in [7, 11) is 0. The first-order valence-electron chi connectivity index (χ1n) is 6.05. The zero-order valence-corrected chi connectivity index (χ0v) is 10.2.